The van der Waals surface area contributed by atoms with Gasteiger partial charge in [-0.25, -0.2) is 0 Å². The van der Waals surface area contributed by atoms with E-state index in [0.717, 1.165) is 51.4 Å². The van der Waals surface area contributed by atoms with Crippen molar-refractivity contribution in [3.8, 4) is 23.7 Å². The van der Waals surface area contributed by atoms with Gasteiger partial charge in [0.1, 0.15) is 0 Å². The van der Waals surface area contributed by atoms with Gasteiger partial charge in [-0.3, -0.25) is 0 Å². The Balaban J connectivity index is 1.40. The third-order valence-corrected chi connectivity index (χ3v) is 9.49. The quantitative estimate of drug-likeness (QED) is 0.184. The molecule has 0 N–H and O–H groups in total. The molecule has 4 aromatic carbocycles. The summed E-state index contributed by atoms with van der Waals surface area (Å²) in [6.07, 6.45) is 8.15. The minimum Gasteiger partial charge on any atom is -0.0617 e. The molecular weight excluding hydrogens is 528 g/mol. The number of fused-ring (bicyclic) bond motifs is 8. The zero-order valence-corrected chi connectivity index (χ0v) is 27.6. The second-order valence-electron chi connectivity index (χ2n) is 15.0. The van der Waals surface area contributed by atoms with Crippen LogP contribution in [0.2, 0.25) is 0 Å². The summed E-state index contributed by atoms with van der Waals surface area (Å²) in [5, 5.41) is 0. The molecular formula is C44H46. The average Bonchev–Trinajstić information content (AvgIpc) is 2.98. The molecule has 0 spiro atoms. The van der Waals surface area contributed by atoms with E-state index in [1.54, 1.807) is 0 Å². The smallest absolute Gasteiger partial charge is 0.0320 e. The predicted octanol–water partition coefficient (Wildman–Crippen LogP) is 9.45. The van der Waals surface area contributed by atoms with Crippen molar-refractivity contribution in [2.24, 2.45) is 0 Å². The molecule has 0 atom stereocenters. The summed E-state index contributed by atoms with van der Waals surface area (Å²) in [5.41, 5.74) is 16.6. The van der Waals surface area contributed by atoms with Crippen molar-refractivity contribution in [1.82, 2.24) is 0 Å². The van der Waals surface area contributed by atoms with Crippen molar-refractivity contribution in [2.45, 2.75) is 104 Å². The van der Waals surface area contributed by atoms with E-state index in [4.69, 9.17) is 0 Å². The number of rotatable bonds is 0. The second-order valence-corrected chi connectivity index (χ2v) is 15.0. The molecule has 222 valence electrons. The standard InChI is InChI=1S/C44H46/c1-43(2,3)39-27-35-21-17-31-11-9-12-32(25-31)18-22-36(28-39)41(35)15-7-8-16-42-37-23-19-33-13-10-14-34(26-33)20-24-38(42)30-40(29-37)44(4,5)6/h9-14,25-30H,17-24H2,1-6H3. The van der Waals surface area contributed by atoms with Gasteiger partial charge in [0, 0.05) is 11.1 Å². The summed E-state index contributed by atoms with van der Waals surface area (Å²) < 4.78 is 0. The first-order valence-corrected chi connectivity index (χ1v) is 16.5. The van der Waals surface area contributed by atoms with Crippen molar-refractivity contribution in [2.75, 3.05) is 0 Å². The Labute approximate surface area is 266 Å². The van der Waals surface area contributed by atoms with E-state index in [0.29, 0.717) is 0 Å². The topological polar surface area (TPSA) is 0 Å². The Morgan fingerprint density at radius 3 is 0.977 bits per heavy atom. The first kappa shape index (κ1) is 30.0. The van der Waals surface area contributed by atoms with Gasteiger partial charge in [0.15, 0.2) is 0 Å². The molecule has 0 heterocycles. The van der Waals surface area contributed by atoms with Gasteiger partial charge in [0.25, 0.3) is 0 Å². The molecule has 0 aromatic heterocycles. The highest BCUT2D eigenvalue weighted by Gasteiger charge is 2.21. The lowest BCUT2D eigenvalue weighted by molar-refractivity contribution is 0.587. The lowest BCUT2D eigenvalue weighted by Crippen LogP contribution is -2.14. The molecule has 2 aliphatic rings. The summed E-state index contributed by atoms with van der Waals surface area (Å²) in [7, 11) is 0. The zero-order valence-electron chi connectivity index (χ0n) is 27.6. The molecule has 0 amide bonds. The minimum atomic E-state index is 0.0999. The fourth-order valence-corrected chi connectivity index (χ4v) is 6.70. The van der Waals surface area contributed by atoms with Crippen LogP contribution in [0.3, 0.4) is 0 Å². The van der Waals surface area contributed by atoms with Crippen molar-refractivity contribution in [1.29, 1.82) is 0 Å². The van der Waals surface area contributed by atoms with Gasteiger partial charge < -0.3 is 0 Å². The maximum atomic E-state index is 3.60. The third kappa shape index (κ3) is 6.87. The van der Waals surface area contributed by atoms with Crippen LogP contribution in [0.25, 0.3) is 0 Å². The molecule has 4 aromatic rings. The Bertz CT molecular complexity index is 1600. The summed E-state index contributed by atoms with van der Waals surface area (Å²) >= 11 is 0. The number of hydrogen-bond acceptors (Lipinski definition) is 0. The molecule has 0 heteroatoms. The first-order valence-electron chi connectivity index (χ1n) is 16.5. The van der Waals surface area contributed by atoms with E-state index < -0.39 is 0 Å². The number of aryl methyl sites for hydroxylation is 8. The van der Waals surface area contributed by atoms with Crippen molar-refractivity contribution in [3.63, 3.8) is 0 Å². The van der Waals surface area contributed by atoms with Crippen LogP contribution in [0.5, 0.6) is 0 Å². The van der Waals surface area contributed by atoms with Gasteiger partial charge in [-0.15, -0.1) is 0 Å². The minimum absolute atomic E-state index is 0.0999. The molecule has 0 aliphatic heterocycles. The van der Waals surface area contributed by atoms with Crippen LogP contribution in [-0.4, -0.2) is 0 Å². The SMILES string of the molecule is CC(C)(C)c1cc2c(C#CC#Cc3c4cc(C(C)(C)C)cc3CCc3cccc(c3)CC4)c(c1)CCc1cccc(c1)CC2. The Kier molecular flexibility index (Phi) is 8.32. The highest BCUT2D eigenvalue weighted by molar-refractivity contribution is 5.57. The molecule has 0 unspecified atom stereocenters. The van der Waals surface area contributed by atoms with Crippen molar-refractivity contribution < 1.29 is 0 Å². The summed E-state index contributed by atoms with van der Waals surface area (Å²) in [6.45, 7) is 13.9. The summed E-state index contributed by atoms with van der Waals surface area (Å²) in [5.74, 6) is 13.9. The predicted molar refractivity (Wildman–Crippen MR) is 187 cm³/mol. The fraction of sp³-hybridized carbons (Fsp3) is 0.364. The lowest BCUT2D eigenvalue weighted by atomic mass is 9.81. The molecule has 2 aliphatic carbocycles. The van der Waals surface area contributed by atoms with E-state index in [-0.39, 0.29) is 10.8 Å². The second kappa shape index (κ2) is 12.2. The van der Waals surface area contributed by atoms with E-state index in [1.165, 1.54) is 66.8 Å². The lowest BCUT2D eigenvalue weighted by Gasteiger charge is -2.24. The molecule has 44 heavy (non-hydrogen) atoms. The van der Waals surface area contributed by atoms with E-state index in [1.807, 2.05) is 0 Å². The Morgan fingerprint density at radius 2 is 0.705 bits per heavy atom. The fourth-order valence-electron chi connectivity index (χ4n) is 6.70. The van der Waals surface area contributed by atoms with E-state index in [2.05, 4.69) is 138 Å². The zero-order chi connectivity index (χ0) is 30.9. The highest BCUT2D eigenvalue weighted by atomic mass is 14.2. The van der Waals surface area contributed by atoms with Gasteiger partial charge in [-0.2, -0.15) is 0 Å². The molecule has 0 saturated heterocycles. The normalized spacial score (nSPS) is 14.4. The van der Waals surface area contributed by atoms with Gasteiger partial charge in [0.2, 0.25) is 0 Å². The van der Waals surface area contributed by atoms with Gasteiger partial charge >= 0.3 is 0 Å². The summed E-state index contributed by atoms with van der Waals surface area (Å²) in [6, 6.07) is 28.0. The molecule has 0 saturated carbocycles. The van der Waals surface area contributed by atoms with Crippen molar-refractivity contribution in [3.05, 3.63) is 140 Å². The monoisotopic (exact) mass is 574 g/mol. The maximum Gasteiger partial charge on any atom is 0.0320 e. The molecule has 6 rings (SSSR count). The number of benzene rings is 4. The third-order valence-electron chi connectivity index (χ3n) is 9.49. The van der Waals surface area contributed by atoms with Crippen LogP contribution in [0, 0.1) is 23.7 Å². The Hall–Kier alpha value is -4.00. The average molecular weight is 575 g/mol. The molecule has 8 bridgehead atoms. The molecule has 0 fully saturated rings. The van der Waals surface area contributed by atoms with Gasteiger partial charge in [-0.1, -0.05) is 126 Å². The van der Waals surface area contributed by atoms with Crippen molar-refractivity contribution >= 4 is 0 Å². The summed E-state index contributed by atoms with van der Waals surface area (Å²) in [4.78, 5) is 0. The van der Waals surface area contributed by atoms with Gasteiger partial charge in [-0.05, 0) is 130 Å². The van der Waals surface area contributed by atoms with Crippen LogP contribution in [0.1, 0.15) is 108 Å². The van der Waals surface area contributed by atoms with E-state index >= 15 is 0 Å². The largest absolute Gasteiger partial charge is 0.0617 e. The van der Waals surface area contributed by atoms with Crippen LogP contribution in [0.15, 0.2) is 72.8 Å². The molecule has 0 nitrogen and oxygen atoms in total. The molecule has 0 radical (unpaired) electrons. The number of hydrogen-bond donors (Lipinski definition) is 0. The van der Waals surface area contributed by atoms with Crippen LogP contribution >= 0.6 is 0 Å². The van der Waals surface area contributed by atoms with Gasteiger partial charge in [0.05, 0.1) is 0 Å². The van der Waals surface area contributed by atoms with Crippen LogP contribution < -0.4 is 0 Å². The maximum absolute atomic E-state index is 3.60. The van der Waals surface area contributed by atoms with Crippen LogP contribution in [-0.2, 0) is 62.2 Å². The Morgan fingerprint density at radius 1 is 0.409 bits per heavy atom. The van der Waals surface area contributed by atoms with E-state index in [9.17, 15) is 0 Å². The first-order chi connectivity index (χ1) is 21.0. The van der Waals surface area contributed by atoms with Crippen LogP contribution in [0.4, 0.5) is 0 Å². The highest BCUT2D eigenvalue weighted by Crippen LogP contribution is 2.31.